The maximum absolute atomic E-state index is 4.25. The lowest BCUT2D eigenvalue weighted by Gasteiger charge is -1.99. The van der Waals surface area contributed by atoms with Crippen LogP contribution in [0.1, 0.15) is 13.8 Å². The third kappa shape index (κ3) is 4.27. The van der Waals surface area contributed by atoms with Gasteiger partial charge in [0.1, 0.15) is 0 Å². The maximum Gasteiger partial charge on any atom is 0.0277 e. The summed E-state index contributed by atoms with van der Waals surface area (Å²) in [4.78, 5) is 0. The van der Waals surface area contributed by atoms with Gasteiger partial charge in [-0.15, -0.1) is 0 Å². The van der Waals surface area contributed by atoms with Gasteiger partial charge in [-0.05, 0) is 26.8 Å². The van der Waals surface area contributed by atoms with Crippen LogP contribution in [0.25, 0.3) is 0 Å². The second-order valence-corrected chi connectivity index (χ2v) is 1.55. The van der Waals surface area contributed by atoms with Crippen LogP contribution >= 0.6 is 12.9 Å². The van der Waals surface area contributed by atoms with E-state index in [1.54, 1.807) is 0 Å². The number of hydroxylamine groups is 1. The number of nitrogens with one attached hydrogen (secondary N) is 1. The van der Waals surface area contributed by atoms with Gasteiger partial charge in [0.15, 0.2) is 0 Å². The minimum atomic E-state index is 0.350. The summed E-state index contributed by atoms with van der Waals surface area (Å²) in [6, 6.07) is 0.350. The molecule has 0 heterocycles. The second kappa shape index (κ2) is 3.46. The average molecular weight is 107 g/mol. The monoisotopic (exact) mass is 107 g/mol. The highest BCUT2D eigenvalue weighted by molar-refractivity contribution is 7.75. The topological polar surface area (TPSA) is 21.3 Å². The molecule has 2 nitrogen and oxygen atoms in total. The van der Waals surface area contributed by atoms with Gasteiger partial charge in [-0.2, -0.15) is 5.48 Å². The van der Waals surface area contributed by atoms with Crippen LogP contribution in [0.15, 0.2) is 0 Å². The van der Waals surface area contributed by atoms with Gasteiger partial charge in [-0.1, -0.05) is 0 Å². The molecule has 3 heteroatoms. The first-order valence-corrected chi connectivity index (χ1v) is 2.20. The Bertz CT molecular complexity index is 32.0. The van der Waals surface area contributed by atoms with E-state index < -0.39 is 0 Å². The normalized spacial score (nSPS) is 10.0. The molecule has 0 radical (unpaired) electrons. The van der Waals surface area contributed by atoms with Crippen LogP contribution in [-0.2, 0) is 4.28 Å². The first-order chi connectivity index (χ1) is 2.77. The number of hydrogen-bond donors (Lipinski definition) is 2. The van der Waals surface area contributed by atoms with E-state index in [-0.39, 0.29) is 0 Å². The SMILES string of the molecule is CC(C)NOS. The number of rotatable bonds is 2. The quantitative estimate of drug-likeness (QED) is 0.309. The minimum Gasteiger partial charge on any atom is -0.235 e. The van der Waals surface area contributed by atoms with Crippen molar-refractivity contribution in [1.82, 2.24) is 5.48 Å². The summed E-state index contributed by atoms with van der Waals surface area (Å²) in [5.41, 5.74) is 2.57. The summed E-state index contributed by atoms with van der Waals surface area (Å²) in [5, 5.41) is 0. The highest BCUT2D eigenvalue weighted by atomic mass is 32.1. The summed E-state index contributed by atoms with van der Waals surface area (Å²) >= 11 is 3.45. The molecule has 0 aromatic carbocycles. The molecule has 0 aliphatic rings. The summed E-state index contributed by atoms with van der Waals surface area (Å²) in [7, 11) is 0. The highest BCUT2D eigenvalue weighted by Gasteiger charge is 1.83. The molecule has 0 spiro atoms. The Morgan fingerprint density at radius 1 is 1.67 bits per heavy atom. The van der Waals surface area contributed by atoms with Crippen LogP contribution in [0.5, 0.6) is 0 Å². The smallest absolute Gasteiger partial charge is 0.0277 e. The lowest BCUT2D eigenvalue weighted by atomic mass is 10.4. The van der Waals surface area contributed by atoms with Crippen LogP contribution < -0.4 is 5.48 Å². The molecule has 0 bridgehead atoms. The second-order valence-electron chi connectivity index (χ2n) is 1.36. The molecule has 0 fully saturated rings. The van der Waals surface area contributed by atoms with Crippen molar-refractivity contribution in [2.75, 3.05) is 0 Å². The third-order valence-corrected chi connectivity index (χ3v) is 0.394. The Hall–Kier alpha value is 0.270. The minimum absolute atomic E-state index is 0.350. The largest absolute Gasteiger partial charge is 0.235 e. The Kier molecular flexibility index (Phi) is 3.62. The first-order valence-electron chi connectivity index (χ1n) is 1.83. The Labute approximate surface area is 43.5 Å². The van der Waals surface area contributed by atoms with Gasteiger partial charge in [0.25, 0.3) is 0 Å². The molecule has 6 heavy (non-hydrogen) atoms. The zero-order chi connectivity index (χ0) is 4.99. The van der Waals surface area contributed by atoms with Crippen molar-refractivity contribution >= 4 is 12.9 Å². The van der Waals surface area contributed by atoms with Crippen LogP contribution in [0, 0.1) is 0 Å². The molecule has 0 aromatic heterocycles. The lowest BCUT2D eigenvalue weighted by molar-refractivity contribution is 0.212. The number of hydrogen-bond acceptors (Lipinski definition) is 3. The summed E-state index contributed by atoms with van der Waals surface area (Å²) in [6.07, 6.45) is 0. The molecule has 1 N–H and O–H groups in total. The third-order valence-electron chi connectivity index (χ3n) is 0.288. The van der Waals surface area contributed by atoms with Crippen molar-refractivity contribution in [2.24, 2.45) is 0 Å². The van der Waals surface area contributed by atoms with Crippen LogP contribution in [0.2, 0.25) is 0 Å². The van der Waals surface area contributed by atoms with E-state index in [1.807, 2.05) is 13.8 Å². The van der Waals surface area contributed by atoms with Gasteiger partial charge in [0, 0.05) is 6.04 Å². The zero-order valence-corrected chi connectivity index (χ0v) is 4.83. The van der Waals surface area contributed by atoms with E-state index in [4.69, 9.17) is 0 Å². The predicted molar refractivity (Wildman–Crippen MR) is 28.3 cm³/mol. The predicted octanol–water partition coefficient (Wildman–Crippen LogP) is 0.761. The van der Waals surface area contributed by atoms with Crippen molar-refractivity contribution < 1.29 is 4.28 Å². The van der Waals surface area contributed by atoms with Gasteiger partial charge in [-0.3, -0.25) is 0 Å². The molecule has 0 amide bonds. The molecule has 0 aliphatic heterocycles. The van der Waals surface area contributed by atoms with E-state index >= 15 is 0 Å². The fourth-order valence-corrected chi connectivity index (χ4v) is 0.316. The van der Waals surface area contributed by atoms with Gasteiger partial charge >= 0.3 is 0 Å². The Morgan fingerprint density at radius 3 is 2.17 bits per heavy atom. The van der Waals surface area contributed by atoms with Crippen molar-refractivity contribution in [3.63, 3.8) is 0 Å². The van der Waals surface area contributed by atoms with Gasteiger partial charge < -0.3 is 0 Å². The van der Waals surface area contributed by atoms with Crippen molar-refractivity contribution in [1.29, 1.82) is 0 Å². The zero-order valence-electron chi connectivity index (χ0n) is 3.93. The fraction of sp³-hybridized carbons (Fsp3) is 1.00. The van der Waals surface area contributed by atoms with Crippen LogP contribution in [-0.4, -0.2) is 6.04 Å². The first kappa shape index (κ1) is 6.27. The van der Waals surface area contributed by atoms with Crippen molar-refractivity contribution in [2.45, 2.75) is 19.9 Å². The van der Waals surface area contributed by atoms with Gasteiger partial charge in [0.2, 0.25) is 0 Å². The molecule has 0 unspecified atom stereocenters. The van der Waals surface area contributed by atoms with Crippen molar-refractivity contribution in [3.05, 3.63) is 0 Å². The van der Waals surface area contributed by atoms with Crippen LogP contribution in [0.4, 0.5) is 0 Å². The Morgan fingerprint density at radius 2 is 2.17 bits per heavy atom. The van der Waals surface area contributed by atoms with E-state index in [2.05, 4.69) is 22.7 Å². The number of thiol groups is 1. The van der Waals surface area contributed by atoms with E-state index in [0.717, 1.165) is 0 Å². The average Bonchev–Trinajstić information content (AvgIpc) is 1.35. The summed E-state index contributed by atoms with van der Waals surface area (Å²) < 4.78 is 4.25. The van der Waals surface area contributed by atoms with Gasteiger partial charge in [-0.25, -0.2) is 4.28 Å². The fourth-order valence-electron chi connectivity index (χ4n) is 0.105. The summed E-state index contributed by atoms with van der Waals surface area (Å²) in [6.45, 7) is 3.94. The van der Waals surface area contributed by atoms with E-state index in [1.165, 1.54) is 0 Å². The highest BCUT2D eigenvalue weighted by Crippen LogP contribution is 1.76. The molecule has 0 rings (SSSR count). The van der Waals surface area contributed by atoms with E-state index in [0.29, 0.717) is 6.04 Å². The molecule has 0 saturated carbocycles. The molecule has 0 aromatic rings. The molecule has 0 aliphatic carbocycles. The van der Waals surface area contributed by atoms with Gasteiger partial charge in [0.05, 0.1) is 0 Å². The molecular formula is C3H9NOS. The molecular weight excluding hydrogens is 98.1 g/mol. The molecule has 0 saturated heterocycles. The van der Waals surface area contributed by atoms with Crippen molar-refractivity contribution in [3.8, 4) is 0 Å². The standard InChI is InChI=1S/C3H9NOS/c1-3(2)4-5-6/h3-4,6H,1-2H3. The summed E-state index contributed by atoms with van der Waals surface area (Å²) in [5.74, 6) is 0. The Balaban J connectivity index is 2.63. The van der Waals surface area contributed by atoms with E-state index in [9.17, 15) is 0 Å². The maximum atomic E-state index is 4.25. The molecule has 0 atom stereocenters. The van der Waals surface area contributed by atoms with Crippen LogP contribution in [0.3, 0.4) is 0 Å². The molecule has 38 valence electrons. The lowest BCUT2D eigenvalue weighted by Crippen LogP contribution is -2.18.